The van der Waals surface area contributed by atoms with Crippen LogP contribution in [0.2, 0.25) is 5.32 Å². The summed E-state index contributed by atoms with van der Waals surface area (Å²) in [5.74, 6) is 0. The second kappa shape index (κ2) is 3.72. The summed E-state index contributed by atoms with van der Waals surface area (Å²) >= 11 is 3.14. The molecular weight excluding hydrogens is 378 g/mol. The van der Waals surface area contributed by atoms with E-state index in [4.69, 9.17) is 0 Å². The molecule has 1 atom stereocenters. The van der Waals surface area contributed by atoms with Gasteiger partial charge in [0, 0.05) is 0 Å². The number of hydrogen-bond donors (Lipinski definition) is 0. The molecule has 2 nitrogen and oxygen atoms in total. The van der Waals surface area contributed by atoms with Gasteiger partial charge in [-0.25, -0.2) is 0 Å². The Balaban J connectivity index is 2.40. The van der Waals surface area contributed by atoms with E-state index in [9.17, 15) is 0 Å². The molecule has 1 aromatic carbocycles. The van der Waals surface area contributed by atoms with Crippen LogP contribution in [-0.2, 0) is 12.6 Å². The third-order valence-electron chi connectivity index (χ3n) is 3.30. The van der Waals surface area contributed by atoms with Gasteiger partial charge in [0.05, 0.1) is 0 Å². The molecule has 2 heterocycles. The molecule has 0 saturated carbocycles. The van der Waals surface area contributed by atoms with Crippen molar-refractivity contribution in [2.45, 2.75) is 17.8 Å². The molecular formula is C12H14IN2Se+. The molecule has 0 aliphatic carbocycles. The van der Waals surface area contributed by atoms with Crippen molar-refractivity contribution in [3.8, 4) is 0 Å². The number of benzene rings is 1. The third kappa shape index (κ3) is 1.33. The molecule has 1 unspecified atom stereocenters. The van der Waals surface area contributed by atoms with Gasteiger partial charge in [-0.3, -0.25) is 0 Å². The number of alkyl halides is 1. The number of imidazole rings is 1. The van der Waals surface area contributed by atoms with Crippen LogP contribution in [0.15, 0.2) is 24.3 Å². The van der Waals surface area contributed by atoms with E-state index in [1.54, 1.807) is 0 Å². The topological polar surface area (TPSA) is 8.81 Å². The van der Waals surface area contributed by atoms with Gasteiger partial charge < -0.3 is 0 Å². The molecule has 84 valence electrons. The summed E-state index contributed by atoms with van der Waals surface area (Å²) in [6.45, 7) is 2.39. The first-order valence-electron chi connectivity index (χ1n) is 5.36. The Labute approximate surface area is 115 Å². The molecule has 0 radical (unpaired) electrons. The van der Waals surface area contributed by atoms with Gasteiger partial charge in [0.1, 0.15) is 0 Å². The summed E-state index contributed by atoms with van der Waals surface area (Å²) in [6, 6.07) is 8.76. The molecule has 1 aliphatic heterocycles. The van der Waals surface area contributed by atoms with Crippen LogP contribution >= 0.6 is 22.6 Å². The second-order valence-corrected chi connectivity index (χ2v) is 7.33. The van der Waals surface area contributed by atoms with E-state index in [1.165, 1.54) is 25.5 Å². The summed E-state index contributed by atoms with van der Waals surface area (Å²) in [7, 11) is 2.20. The second-order valence-electron chi connectivity index (χ2n) is 4.58. The number of halogens is 1. The average Bonchev–Trinajstić information content (AvgIpc) is 2.80. The maximum atomic E-state index is 2.58. The van der Waals surface area contributed by atoms with Crippen molar-refractivity contribution in [1.82, 2.24) is 4.57 Å². The van der Waals surface area contributed by atoms with Crippen LogP contribution in [0, 0.1) is 0 Å². The van der Waals surface area contributed by atoms with Gasteiger partial charge in [-0.05, 0) is 0 Å². The Hall–Kier alpha value is -0.0605. The van der Waals surface area contributed by atoms with Crippen LogP contribution in [0.25, 0.3) is 11.0 Å². The van der Waals surface area contributed by atoms with E-state index in [1.807, 2.05) is 0 Å². The monoisotopic (exact) mass is 393 g/mol. The SMILES string of the molecule is C[n+]1c2n(c3ccccc31)C(C)(CI)C[Se]2. The molecule has 3 rings (SSSR count). The van der Waals surface area contributed by atoms with Crippen LogP contribution in [0.1, 0.15) is 6.92 Å². The van der Waals surface area contributed by atoms with Crippen LogP contribution in [0.3, 0.4) is 0 Å². The van der Waals surface area contributed by atoms with Crippen molar-refractivity contribution in [2.24, 2.45) is 7.05 Å². The minimum atomic E-state index is 0.330. The standard InChI is InChI=1S/C12H14IN2Se/c1-12(7-13)8-16-11-14(2)9-5-3-4-6-10(9)15(11)12/h3-6H,7-8H2,1-2H3/q+1. The van der Waals surface area contributed by atoms with E-state index in [0.717, 1.165) is 0 Å². The van der Waals surface area contributed by atoms with Crippen molar-refractivity contribution in [3.05, 3.63) is 24.3 Å². The van der Waals surface area contributed by atoms with Gasteiger partial charge in [-0.15, -0.1) is 0 Å². The zero-order valence-corrected chi connectivity index (χ0v) is 13.3. The predicted molar refractivity (Wildman–Crippen MR) is 75.8 cm³/mol. The quantitative estimate of drug-likeness (QED) is 0.300. The summed E-state index contributed by atoms with van der Waals surface area (Å²) in [6.07, 6.45) is 0. The molecule has 2 aromatic rings. The van der Waals surface area contributed by atoms with Gasteiger partial charge in [0.25, 0.3) is 0 Å². The van der Waals surface area contributed by atoms with E-state index in [-0.39, 0.29) is 0 Å². The molecule has 0 fully saturated rings. The van der Waals surface area contributed by atoms with Crippen LogP contribution < -0.4 is 9.29 Å². The summed E-state index contributed by atoms with van der Waals surface area (Å²) in [5, 5.41) is 1.33. The summed E-state index contributed by atoms with van der Waals surface area (Å²) in [5.41, 5.74) is 3.10. The molecule has 4 heteroatoms. The van der Waals surface area contributed by atoms with Crippen molar-refractivity contribution in [2.75, 3.05) is 4.43 Å². The number of para-hydroxylation sites is 2. The Kier molecular flexibility index (Phi) is 2.57. The number of fused-ring (bicyclic) bond motifs is 3. The van der Waals surface area contributed by atoms with Crippen molar-refractivity contribution in [1.29, 1.82) is 0 Å². The Morgan fingerprint density at radius 2 is 2.25 bits per heavy atom. The number of hydrogen-bond acceptors (Lipinski definition) is 0. The molecule has 0 bridgehead atoms. The first kappa shape index (κ1) is 11.1. The fraction of sp³-hybridized carbons (Fsp3) is 0.417. The van der Waals surface area contributed by atoms with Gasteiger partial charge in [0.2, 0.25) is 0 Å². The fourth-order valence-electron chi connectivity index (χ4n) is 2.36. The summed E-state index contributed by atoms with van der Waals surface area (Å²) < 4.78 is 7.69. The number of nitrogens with zero attached hydrogens (tertiary/aromatic N) is 2. The van der Waals surface area contributed by atoms with Gasteiger partial charge in [-0.2, -0.15) is 0 Å². The van der Waals surface area contributed by atoms with Crippen LogP contribution in [0.5, 0.6) is 0 Å². The number of aromatic nitrogens is 2. The molecule has 1 aliphatic rings. The first-order chi connectivity index (χ1) is 7.67. The van der Waals surface area contributed by atoms with Gasteiger partial charge in [0.15, 0.2) is 0 Å². The molecule has 1 aromatic heterocycles. The maximum absolute atomic E-state index is 2.58. The van der Waals surface area contributed by atoms with E-state index in [0.29, 0.717) is 20.5 Å². The Morgan fingerprint density at radius 1 is 1.50 bits per heavy atom. The zero-order chi connectivity index (χ0) is 11.3. The summed E-state index contributed by atoms with van der Waals surface area (Å²) in [4.78, 5) is 0. The molecule has 16 heavy (non-hydrogen) atoms. The zero-order valence-electron chi connectivity index (χ0n) is 9.40. The van der Waals surface area contributed by atoms with E-state index < -0.39 is 0 Å². The Morgan fingerprint density at radius 3 is 3.00 bits per heavy atom. The first-order valence-corrected chi connectivity index (χ1v) is 8.95. The number of aryl methyl sites for hydroxylation is 1. The number of rotatable bonds is 1. The Bertz CT molecular complexity index is 563. The van der Waals surface area contributed by atoms with Crippen molar-refractivity contribution < 1.29 is 4.57 Å². The van der Waals surface area contributed by atoms with Gasteiger partial charge >= 0.3 is 116 Å². The van der Waals surface area contributed by atoms with Crippen molar-refractivity contribution >= 4 is 53.3 Å². The molecule has 0 amide bonds. The van der Waals surface area contributed by atoms with Crippen LogP contribution in [0.4, 0.5) is 0 Å². The molecule has 0 spiro atoms. The molecule has 0 saturated heterocycles. The normalized spacial score (nSPS) is 23.9. The van der Waals surface area contributed by atoms with Gasteiger partial charge in [-0.1, -0.05) is 0 Å². The fourth-order valence-corrected chi connectivity index (χ4v) is 6.75. The average molecular weight is 392 g/mol. The predicted octanol–water partition coefficient (Wildman–Crippen LogP) is 1.38. The van der Waals surface area contributed by atoms with Crippen molar-refractivity contribution in [3.63, 3.8) is 0 Å². The minimum absolute atomic E-state index is 0.330. The third-order valence-corrected chi connectivity index (χ3v) is 8.05. The van der Waals surface area contributed by atoms with E-state index in [2.05, 4.69) is 70.0 Å². The van der Waals surface area contributed by atoms with E-state index >= 15 is 0 Å². The molecule has 0 N–H and O–H groups in total. The van der Waals surface area contributed by atoms with Crippen LogP contribution in [-0.4, -0.2) is 24.0 Å².